The third-order valence-electron chi connectivity index (χ3n) is 3.39. The zero-order valence-electron chi connectivity index (χ0n) is 14.4. The van der Waals surface area contributed by atoms with E-state index >= 15 is 0 Å². The van der Waals surface area contributed by atoms with Crippen LogP contribution in [-0.4, -0.2) is 32.1 Å². The maximum Gasteiger partial charge on any atom is 0.415 e. The fourth-order valence-corrected chi connectivity index (χ4v) is 2.25. The van der Waals surface area contributed by atoms with Crippen LogP contribution >= 0.6 is 0 Å². The first-order chi connectivity index (χ1) is 12.2. The lowest BCUT2D eigenvalue weighted by Crippen LogP contribution is -2.45. The monoisotopic (exact) mass is 342 g/mol. The van der Waals surface area contributed by atoms with Crippen LogP contribution in [0.25, 0.3) is 0 Å². The summed E-state index contributed by atoms with van der Waals surface area (Å²) in [4.78, 5) is 27.6. The van der Waals surface area contributed by atoms with E-state index in [1.807, 2.05) is 36.4 Å². The molecule has 0 bridgehead atoms. The molecule has 2 rings (SSSR count). The number of nitrogens with zero attached hydrogens (tertiary/aromatic N) is 2. The lowest BCUT2D eigenvalue weighted by atomic mass is 10.3. The van der Waals surface area contributed by atoms with Gasteiger partial charge in [0.15, 0.2) is 0 Å². The smallest absolute Gasteiger partial charge is 0.415 e. The molecule has 0 aliphatic carbocycles. The van der Waals surface area contributed by atoms with Crippen LogP contribution in [0.2, 0.25) is 0 Å². The molecule has 0 N–H and O–H groups in total. The Morgan fingerprint density at radius 1 is 0.720 bits per heavy atom. The molecule has 0 aliphatic heterocycles. The fourth-order valence-electron chi connectivity index (χ4n) is 2.25. The number of hydrogen-bond acceptors (Lipinski definition) is 4. The SMILES string of the molecule is CCOC(=O)N(CN(C(=O)OCC)c1ccccc1)c1ccccc1. The van der Waals surface area contributed by atoms with Gasteiger partial charge in [-0.05, 0) is 38.1 Å². The summed E-state index contributed by atoms with van der Waals surface area (Å²) in [5, 5.41) is 0. The van der Waals surface area contributed by atoms with Crippen LogP contribution in [0.3, 0.4) is 0 Å². The summed E-state index contributed by atoms with van der Waals surface area (Å²) in [6, 6.07) is 18.1. The standard InChI is InChI=1S/C19H22N2O4/c1-3-24-18(22)20(16-11-7-5-8-12-16)15-21(19(23)25-4-2)17-13-9-6-10-14-17/h5-14H,3-4,15H2,1-2H3. The third kappa shape index (κ3) is 4.97. The van der Waals surface area contributed by atoms with E-state index in [1.54, 1.807) is 38.1 Å². The van der Waals surface area contributed by atoms with Crippen molar-refractivity contribution in [2.75, 3.05) is 29.7 Å². The second-order valence-corrected chi connectivity index (χ2v) is 5.07. The molecule has 132 valence electrons. The van der Waals surface area contributed by atoms with E-state index in [-0.39, 0.29) is 19.9 Å². The number of amides is 2. The Kier molecular flexibility index (Phi) is 6.83. The molecule has 0 saturated carbocycles. The molecule has 0 atom stereocenters. The lowest BCUT2D eigenvalue weighted by molar-refractivity contribution is 0.155. The third-order valence-corrected chi connectivity index (χ3v) is 3.39. The predicted octanol–water partition coefficient (Wildman–Crippen LogP) is 4.27. The molecule has 0 aromatic heterocycles. The number of para-hydroxylation sites is 2. The maximum absolute atomic E-state index is 12.4. The zero-order valence-corrected chi connectivity index (χ0v) is 14.4. The number of ether oxygens (including phenoxy) is 2. The minimum atomic E-state index is -0.529. The highest BCUT2D eigenvalue weighted by molar-refractivity contribution is 5.93. The van der Waals surface area contributed by atoms with Crippen LogP contribution < -0.4 is 9.80 Å². The maximum atomic E-state index is 12.4. The average molecular weight is 342 g/mol. The van der Waals surface area contributed by atoms with Gasteiger partial charge >= 0.3 is 12.2 Å². The molecule has 0 spiro atoms. The zero-order chi connectivity index (χ0) is 18.1. The van der Waals surface area contributed by atoms with E-state index in [0.717, 1.165) is 0 Å². The summed E-state index contributed by atoms with van der Waals surface area (Å²) in [5.41, 5.74) is 1.26. The minimum absolute atomic E-state index is 0.0221. The van der Waals surface area contributed by atoms with Crippen LogP contribution in [0.5, 0.6) is 0 Å². The lowest BCUT2D eigenvalue weighted by Gasteiger charge is -2.29. The van der Waals surface area contributed by atoms with Gasteiger partial charge in [-0.3, -0.25) is 9.80 Å². The quantitative estimate of drug-likeness (QED) is 0.736. The van der Waals surface area contributed by atoms with E-state index in [9.17, 15) is 9.59 Å². The molecular weight excluding hydrogens is 320 g/mol. The number of carbonyl (C=O) groups excluding carboxylic acids is 2. The van der Waals surface area contributed by atoms with Crippen LogP contribution in [0.1, 0.15) is 13.8 Å². The molecule has 0 saturated heterocycles. The van der Waals surface area contributed by atoms with Gasteiger partial charge in [-0.1, -0.05) is 36.4 Å². The Hall–Kier alpha value is -3.02. The van der Waals surface area contributed by atoms with Crippen molar-refractivity contribution in [1.82, 2.24) is 0 Å². The normalized spacial score (nSPS) is 10.0. The molecule has 2 aromatic rings. The van der Waals surface area contributed by atoms with Crippen molar-refractivity contribution in [3.05, 3.63) is 60.7 Å². The highest BCUT2D eigenvalue weighted by atomic mass is 16.6. The number of carbonyl (C=O) groups is 2. The second-order valence-electron chi connectivity index (χ2n) is 5.07. The molecule has 6 heteroatoms. The van der Waals surface area contributed by atoms with Crippen LogP contribution in [0.4, 0.5) is 21.0 Å². The molecule has 0 aliphatic rings. The van der Waals surface area contributed by atoms with Crippen molar-refractivity contribution in [1.29, 1.82) is 0 Å². The second kappa shape index (κ2) is 9.32. The number of benzene rings is 2. The topological polar surface area (TPSA) is 59.1 Å². The molecule has 0 fully saturated rings. The number of hydrogen-bond donors (Lipinski definition) is 0. The highest BCUT2D eigenvalue weighted by Crippen LogP contribution is 2.20. The molecule has 0 unspecified atom stereocenters. The van der Waals surface area contributed by atoms with Gasteiger partial charge in [-0.25, -0.2) is 9.59 Å². The average Bonchev–Trinajstić information content (AvgIpc) is 2.64. The van der Waals surface area contributed by atoms with E-state index in [0.29, 0.717) is 11.4 Å². The van der Waals surface area contributed by atoms with Gasteiger partial charge in [0, 0.05) is 11.4 Å². The number of rotatable bonds is 6. The molecule has 2 aromatic carbocycles. The Bertz CT molecular complexity index is 617. The highest BCUT2D eigenvalue weighted by Gasteiger charge is 2.25. The molecule has 0 radical (unpaired) electrons. The summed E-state index contributed by atoms with van der Waals surface area (Å²) in [5.74, 6) is 0. The predicted molar refractivity (Wildman–Crippen MR) is 96.8 cm³/mol. The van der Waals surface area contributed by atoms with Crippen molar-refractivity contribution in [2.24, 2.45) is 0 Å². The van der Waals surface area contributed by atoms with Crippen molar-refractivity contribution < 1.29 is 19.1 Å². The Morgan fingerprint density at radius 3 is 1.40 bits per heavy atom. The summed E-state index contributed by atoms with van der Waals surface area (Å²) >= 11 is 0. The van der Waals surface area contributed by atoms with Gasteiger partial charge in [0.1, 0.15) is 6.67 Å². The van der Waals surface area contributed by atoms with Crippen molar-refractivity contribution >= 4 is 23.6 Å². The molecular formula is C19H22N2O4. The molecule has 6 nitrogen and oxygen atoms in total. The van der Waals surface area contributed by atoms with E-state index in [4.69, 9.17) is 9.47 Å². The van der Waals surface area contributed by atoms with Crippen molar-refractivity contribution in [2.45, 2.75) is 13.8 Å². The number of anilines is 2. The van der Waals surface area contributed by atoms with Crippen LogP contribution in [0, 0.1) is 0 Å². The fraction of sp³-hybridized carbons (Fsp3) is 0.263. The minimum Gasteiger partial charge on any atom is -0.449 e. The summed E-state index contributed by atoms with van der Waals surface area (Å²) < 4.78 is 10.3. The Labute approximate surface area is 147 Å². The first-order valence-corrected chi connectivity index (χ1v) is 8.16. The van der Waals surface area contributed by atoms with Crippen LogP contribution in [-0.2, 0) is 9.47 Å². The van der Waals surface area contributed by atoms with Gasteiger partial charge in [-0.15, -0.1) is 0 Å². The first kappa shape index (κ1) is 18.3. The van der Waals surface area contributed by atoms with E-state index < -0.39 is 12.2 Å². The van der Waals surface area contributed by atoms with Crippen molar-refractivity contribution in [3.8, 4) is 0 Å². The Morgan fingerprint density at radius 2 is 1.08 bits per heavy atom. The summed E-state index contributed by atoms with van der Waals surface area (Å²) in [6.45, 7) is 3.94. The largest absolute Gasteiger partial charge is 0.449 e. The molecule has 2 amide bonds. The molecule has 25 heavy (non-hydrogen) atoms. The van der Waals surface area contributed by atoms with Gasteiger partial charge in [0.25, 0.3) is 0 Å². The van der Waals surface area contributed by atoms with Gasteiger partial charge in [0.2, 0.25) is 0 Å². The summed E-state index contributed by atoms with van der Waals surface area (Å²) in [7, 11) is 0. The van der Waals surface area contributed by atoms with Crippen LogP contribution in [0.15, 0.2) is 60.7 Å². The van der Waals surface area contributed by atoms with E-state index in [2.05, 4.69) is 0 Å². The first-order valence-electron chi connectivity index (χ1n) is 8.16. The van der Waals surface area contributed by atoms with Crippen molar-refractivity contribution in [3.63, 3.8) is 0 Å². The Balaban J connectivity index is 2.34. The molecule has 0 heterocycles. The van der Waals surface area contributed by atoms with Gasteiger partial charge in [0.05, 0.1) is 13.2 Å². The van der Waals surface area contributed by atoms with Gasteiger partial charge in [-0.2, -0.15) is 0 Å². The summed E-state index contributed by atoms with van der Waals surface area (Å²) in [6.07, 6.45) is -1.06. The van der Waals surface area contributed by atoms with E-state index in [1.165, 1.54) is 9.80 Å². The van der Waals surface area contributed by atoms with Gasteiger partial charge < -0.3 is 9.47 Å².